The van der Waals surface area contributed by atoms with Crippen molar-refractivity contribution in [1.82, 2.24) is 4.98 Å². The number of pyridine rings is 1. The molecule has 4 heteroatoms. The van der Waals surface area contributed by atoms with Gasteiger partial charge in [-0.25, -0.2) is 9.78 Å². The van der Waals surface area contributed by atoms with Crippen LogP contribution < -0.4 is 5.32 Å². The van der Waals surface area contributed by atoms with E-state index in [-0.39, 0.29) is 11.6 Å². The van der Waals surface area contributed by atoms with Crippen molar-refractivity contribution in [1.29, 1.82) is 0 Å². The second-order valence-corrected chi connectivity index (χ2v) is 5.17. The van der Waals surface area contributed by atoms with Gasteiger partial charge in [0.05, 0.1) is 5.56 Å². The summed E-state index contributed by atoms with van der Waals surface area (Å²) in [5.74, 6) is -0.335. The molecule has 1 aromatic heterocycles. The van der Waals surface area contributed by atoms with E-state index in [4.69, 9.17) is 5.11 Å². The maximum Gasteiger partial charge on any atom is 0.335 e. The zero-order valence-electron chi connectivity index (χ0n) is 12.6. The molecule has 0 aliphatic rings. The first kappa shape index (κ1) is 15.0. The molecule has 0 radical (unpaired) electrons. The molecule has 0 aliphatic heterocycles. The maximum atomic E-state index is 11.2. The van der Waals surface area contributed by atoms with Crippen LogP contribution in [0.4, 0.5) is 5.82 Å². The van der Waals surface area contributed by atoms with E-state index >= 15 is 0 Å². The van der Waals surface area contributed by atoms with Crippen molar-refractivity contribution in [3.63, 3.8) is 0 Å². The SMILES string of the molecule is CCc1cc(C(=O)O)cc(NC(C)c2ccc(C)cc2)n1. The lowest BCUT2D eigenvalue weighted by molar-refractivity contribution is 0.0696. The zero-order chi connectivity index (χ0) is 15.4. The highest BCUT2D eigenvalue weighted by Crippen LogP contribution is 2.20. The standard InChI is InChI=1S/C17H20N2O2/c1-4-15-9-14(17(20)21)10-16(19-15)18-12(3)13-7-5-11(2)6-8-13/h5-10,12H,4H2,1-3H3,(H,18,19)(H,20,21). The molecule has 0 aliphatic carbocycles. The number of aryl methyl sites for hydroxylation is 2. The van der Waals surface area contributed by atoms with Crippen LogP contribution in [-0.4, -0.2) is 16.1 Å². The van der Waals surface area contributed by atoms with Gasteiger partial charge >= 0.3 is 5.97 Å². The van der Waals surface area contributed by atoms with Crippen LogP contribution in [0.25, 0.3) is 0 Å². The minimum Gasteiger partial charge on any atom is -0.478 e. The van der Waals surface area contributed by atoms with Gasteiger partial charge in [-0.3, -0.25) is 0 Å². The Hall–Kier alpha value is -2.36. The van der Waals surface area contributed by atoms with E-state index in [0.29, 0.717) is 12.2 Å². The number of carbonyl (C=O) groups is 1. The number of carboxylic acid groups (broad SMARTS) is 1. The summed E-state index contributed by atoms with van der Waals surface area (Å²) >= 11 is 0. The lowest BCUT2D eigenvalue weighted by atomic mass is 10.1. The molecule has 0 bridgehead atoms. The zero-order valence-corrected chi connectivity index (χ0v) is 12.6. The van der Waals surface area contributed by atoms with Gasteiger partial charge in [-0.2, -0.15) is 0 Å². The van der Waals surface area contributed by atoms with Gasteiger partial charge in [0.25, 0.3) is 0 Å². The van der Waals surface area contributed by atoms with E-state index in [9.17, 15) is 4.79 Å². The molecule has 1 aromatic carbocycles. The molecule has 21 heavy (non-hydrogen) atoms. The van der Waals surface area contributed by atoms with Crippen molar-refractivity contribution < 1.29 is 9.90 Å². The van der Waals surface area contributed by atoms with Gasteiger partial charge in [-0.15, -0.1) is 0 Å². The minimum atomic E-state index is -0.932. The smallest absolute Gasteiger partial charge is 0.335 e. The Morgan fingerprint density at radius 3 is 2.52 bits per heavy atom. The fourth-order valence-electron chi connectivity index (χ4n) is 2.13. The third kappa shape index (κ3) is 3.81. The van der Waals surface area contributed by atoms with E-state index in [1.807, 2.05) is 20.8 Å². The Morgan fingerprint density at radius 1 is 1.29 bits per heavy atom. The van der Waals surface area contributed by atoms with Gasteiger partial charge in [0, 0.05) is 11.7 Å². The first-order valence-corrected chi connectivity index (χ1v) is 7.07. The molecule has 1 unspecified atom stereocenters. The predicted octanol–water partition coefficient (Wildman–Crippen LogP) is 3.82. The molecule has 1 heterocycles. The summed E-state index contributed by atoms with van der Waals surface area (Å²) in [5, 5.41) is 12.4. The number of carboxylic acids is 1. The second-order valence-electron chi connectivity index (χ2n) is 5.17. The Kier molecular flexibility index (Phi) is 4.58. The monoisotopic (exact) mass is 284 g/mol. The van der Waals surface area contributed by atoms with Crippen molar-refractivity contribution in [2.24, 2.45) is 0 Å². The second kappa shape index (κ2) is 6.39. The summed E-state index contributed by atoms with van der Waals surface area (Å²) in [5.41, 5.74) is 3.39. The maximum absolute atomic E-state index is 11.2. The quantitative estimate of drug-likeness (QED) is 0.876. The number of aromatic nitrogens is 1. The predicted molar refractivity (Wildman–Crippen MR) is 83.8 cm³/mol. The Bertz CT molecular complexity index is 636. The van der Waals surface area contributed by atoms with Gasteiger partial charge in [0.15, 0.2) is 0 Å². The van der Waals surface area contributed by atoms with Crippen LogP contribution in [0.5, 0.6) is 0 Å². The van der Waals surface area contributed by atoms with E-state index in [1.54, 1.807) is 12.1 Å². The molecule has 110 valence electrons. The number of hydrogen-bond donors (Lipinski definition) is 2. The third-order valence-electron chi connectivity index (χ3n) is 3.43. The number of hydrogen-bond acceptors (Lipinski definition) is 3. The Balaban J connectivity index is 2.23. The summed E-state index contributed by atoms with van der Waals surface area (Å²) in [6, 6.07) is 11.5. The van der Waals surface area contributed by atoms with Crippen LogP contribution in [0.2, 0.25) is 0 Å². The highest BCUT2D eigenvalue weighted by molar-refractivity contribution is 5.88. The molecular formula is C17H20N2O2. The largest absolute Gasteiger partial charge is 0.478 e. The van der Waals surface area contributed by atoms with Gasteiger partial charge in [-0.05, 0) is 38.0 Å². The van der Waals surface area contributed by atoms with Crippen LogP contribution >= 0.6 is 0 Å². The first-order valence-electron chi connectivity index (χ1n) is 7.07. The summed E-state index contributed by atoms with van der Waals surface area (Å²) in [6.07, 6.45) is 0.703. The van der Waals surface area contributed by atoms with Crippen LogP contribution in [0, 0.1) is 6.92 Å². The van der Waals surface area contributed by atoms with Crippen LogP contribution in [-0.2, 0) is 6.42 Å². The number of nitrogens with zero attached hydrogens (tertiary/aromatic N) is 1. The van der Waals surface area contributed by atoms with E-state index in [2.05, 4.69) is 34.6 Å². The minimum absolute atomic E-state index is 0.0619. The topological polar surface area (TPSA) is 62.2 Å². The molecular weight excluding hydrogens is 264 g/mol. The number of nitrogens with one attached hydrogen (secondary N) is 1. The van der Waals surface area contributed by atoms with Crippen molar-refractivity contribution in [3.8, 4) is 0 Å². The first-order chi connectivity index (χ1) is 9.99. The lowest BCUT2D eigenvalue weighted by Gasteiger charge is -2.16. The van der Waals surface area contributed by atoms with Crippen molar-refractivity contribution >= 4 is 11.8 Å². The molecule has 0 fully saturated rings. The van der Waals surface area contributed by atoms with Crippen LogP contribution in [0.15, 0.2) is 36.4 Å². The Labute approximate surface area is 124 Å². The molecule has 4 nitrogen and oxygen atoms in total. The number of aromatic carboxylic acids is 1. The van der Waals surface area contributed by atoms with Gasteiger partial charge in [0.1, 0.15) is 5.82 Å². The van der Waals surface area contributed by atoms with Crippen LogP contribution in [0.3, 0.4) is 0 Å². The van der Waals surface area contributed by atoms with E-state index in [0.717, 1.165) is 11.3 Å². The van der Waals surface area contributed by atoms with Crippen LogP contribution in [0.1, 0.15) is 47.1 Å². The van der Waals surface area contributed by atoms with Gasteiger partial charge < -0.3 is 10.4 Å². The highest BCUT2D eigenvalue weighted by Gasteiger charge is 2.10. The summed E-state index contributed by atoms with van der Waals surface area (Å²) < 4.78 is 0. The number of benzene rings is 1. The van der Waals surface area contributed by atoms with E-state index < -0.39 is 5.97 Å². The molecule has 2 rings (SSSR count). The summed E-state index contributed by atoms with van der Waals surface area (Å²) in [4.78, 5) is 15.6. The summed E-state index contributed by atoms with van der Waals surface area (Å²) in [6.45, 7) is 6.04. The van der Waals surface area contributed by atoms with Gasteiger partial charge in [0.2, 0.25) is 0 Å². The molecule has 0 saturated carbocycles. The molecule has 1 atom stereocenters. The molecule has 2 N–H and O–H groups in total. The summed E-state index contributed by atoms with van der Waals surface area (Å²) in [7, 11) is 0. The van der Waals surface area contributed by atoms with E-state index in [1.165, 1.54) is 5.56 Å². The molecule has 0 saturated heterocycles. The molecule has 2 aromatic rings. The normalized spacial score (nSPS) is 12.0. The Morgan fingerprint density at radius 2 is 1.95 bits per heavy atom. The number of rotatable bonds is 5. The van der Waals surface area contributed by atoms with Crippen molar-refractivity contribution in [2.45, 2.75) is 33.2 Å². The number of anilines is 1. The fourth-order valence-corrected chi connectivity index (χ4v) is 2.13. The third-order valence-corrected chi connectivity index (χ3v) is 3.43. The average molecular weight is 284 g/mol. The lowest BCUT2D eigenvalue weighted by Crippen LogP contribution is -2.10. The highest BCUT2D eigenvalue weighted by atomic mass is 16.4. The average Bonchev–Trinajstić information content (AvgIpc) is 2.47. The molecule has 0 spiro atoms. The fraction of sp³-hybridized carbons (Fsp3) is 0.294. The molecule has 0 amide bonds. The van der Waals surface area contributed by atoms with Gasteiger partial charge in [-0.1, -0.05) is 36.8 Å². The van der Waals surface area contributed by atoms with Crippen molar-refractivity contribution in [3.05, 3.63) is 58.8 Å². The van der Waals surface area contributed by atoms with Crippen molar-refractivity contribution in [2.75, 3.05) is 5.32 Å².